The van der Waals surface area contributed by atoms with Crippen LogP contribution in [0.25, 0.3) is 0 Å². The summed E-state index contributed by atoms with van der Waals surface area (Å²) >= 11 is 3.25. The summed E-state index contributed by atoms with van der Waals surface area (Å²) in [6.45, 7) is 1.75. The molecular weight excluding hydrogens is 389 g/mol. The molecule has 1 aliphatic rings. The number of nitrogens with two attached hydrogens (primary N) is 1. The van der Waals surface area contributed by atoms with Gasteiger partial charge in [0.2, 0.25) is 5.91 Å². The number of amides is 2. The molecule has 1 fully saturated rings. The Morgan fingerprint density at radius 3 is 2.52 bits per heavy atom. The molecule has 2 amide bonds. The highest BCUT2D eigenvalue weighted by molar-refractivity contribution is 9.10. The molecule has 1 heterocycles. The van der Waals surface area contributed by atoms with E-state index in [1.54, 1.807) is 18.2 Å². The van der Waals surface area contributed by atoms with Gasteiger partial charge in [0.05, 0.1) is 16.9 Å². The van der Waals surface area contributed by atoms with Crippen LogP contribution in [0.2, 0.25) is 0 Å². The zero-order valence-corrected chi connectivity index (χ0v) is 15.0. The second-order valence-electron chi connectivity index (χ2n) is 5.87. The number of benzene rings is 2. The zero-order chi connectivity index (χ0) is 18.0. The van der Waals surface area contributed by atoms with E-state index in [0.717, 1.165) is 37.7 Å². The van der Waals surface area contributed by atoms with Crippen molar-refractivity contribution in [2.45, 2.75) is 12.8 Å². The van der Waals surface area contributed by atoms with E-state index in [9.17, 15) is 14.0 Å². The molecule has 5 nitrogen and oxygen atoms in total. The predicted octanol–water partition coefficient (Wildman–Crippen LogP) is 3.54. The van der Waals surface area contributed by atoms with E-state index in [-0.39, 0.29) is 5.56 Å². The second-order valence-corrected chi connectivity index (χ2v) is 6.72. The highest BCUT2D eigenvalue weighted by atomic mass is 79.9. The molecule has 1 aliphatic heterocycles. The summed E-state index contributed by atoms with van der Waals surface area (Å²) in [6.07, 6.45) is 2.14. The number of halogens is 2. The van der Waals surface area contributed by atoms with Gasteiger partial charge in [0.25, 0.3) is 5.91 Å². The lowest BCUT2D eigenvalue weighted by atomic mass is 10.1. The van der Waals surface area contributed by atoms with E-state index in [1.165, 1.54) is 12.1 Å². The topological polar surface area (TPSA) is 75.4 Å². The average Bonchev–Trinajstić information content (AvgIpc) is 3.11. The Balaban J connectivity index is 1.96. The molecule has 130 valence electrons. The molecule has 0 aliphatic carbocycles. The first-order valence-corrected chi connectivity index (χ1v) is 8.70. The van der Waals surface area contributed by atoms with Crippen LogP contribution >= 0.6 is 15.9 Å². The van der Waals surface area contributed by atoms with Crippen molar-refractivity contribution in [3.63, 3.8) is 0 Å². The Hall–Kier alpha value is -2.41. The second kappa shape index (κ2) is 7.23. The standard InChI is InChI=1S/C18H17BrFN3O2/c19-14-5-4-12(20)10-13(14)18(25)22-15-9-11(17(21)24)3-6-16(15)23-7-1-2-8-23/h3-6,9-10H,1-2,7-8H2,(H2,21,24)(H,22,25). The molecule has 0 radical (unpaired) electrons. The van der Waals surface area contributed by atoms with Crippen LogP contribution in [0.5, 0.6) is 0 Å². The first kappa shape index (κ1) is 17.4. The maximum absolute atomic E-state index is 13.5. The molecule has 0 spiro atoms. The van der Waals surface area contributed by atoms with Gasteiger partial charge in [0.1, 0.15) is 5.82 Å². The van der Waals surface area contributed by atoms with Crippen molar-refractivity contribution >= 4 is 39.1 Å². The predicted molar refractivity (Wildman–Crippen MR) is 98.5 cm³/mol. The Labute approximate surface area is 153 Å². The Bertz CT molecular complexity index is 835. The summed E-state index contributed by atoms with van der Waals surface area (Å²) in [5.41, 5.74) is 7.14. The molecule has 0 unspecified atom stereocenters. The molecule has 25 heavy (non-hydrogen) atoms. The number of carbonyl (C=O) groups excluding carboxylic acids is 2. The molecule has 7 heteroatoms. The molecule has 3 rings (SSSR count). The van der Waals surface area contributed by atoms with Crippen LogP contribution in [0.1, 0.15) is 33.6 Å². The van der Waals surface area contributed by atoms with Gasteiger partial charge in [-0.15, -0.1) is 0 Å². The van der Waals surface area contributed by atoms with Gasteiger partial charge < -0.3 is 16.0 Å². The van der Waals surface area contributed by atoms with E-state index in [0.29, 0.717) is 15.7 Å². The SMILES string of the molecule is NC(=O)c1ccc(N2CCCC2)c(NC(=O)c2cc(F)ccc2Br)c1. The maximum atomic E-state index is 13.5. The molecule has 0 bridgehead atoms. The smallest absolute Gasteiger partial charge is 0.256 e. The highest BCUT2D eigenvalue weighted by Gasteiger charge is 2.20. The third-order valence-corrected chi connectivity index (χ3v) is 4.84. The van der Waals surface area contributed by atoms with Gasteiger partial charge in [0, 0.05) is 23.1 Å². The number of anilines is 2. The number of hydrogen-bond donors (Lipinski definition) is 2. The lowest BCUT2D eigenvalue weighted by Crippen LogP contribution is -2.22. The van der Waals surface area contributed by atoms with Crippen LogP contribution < -0.4 is 16.0 Å². The molecule has 0 saturated carbocycles. The van der Waals surface area contributed by atoms with Crippen molar-refractivity contribution < 1.29 is 14.0 Å². The van der Waals surface area contributed by atoms with Gasteiger partial charge in [-0.3, -0.25) is 9.59 Å². The Morgan fingerprint density at radius 1 is 1.12 bits per heavy atom. The average molecular weight is 406 g/mol. The van der Waals surface area contributed by atoms with Crippen molar-refractivity contribution in [2.24, 2.45) is 5.73 Å². The van der Waals surface area contributed by atoms with Gasteiger partial charge in [-0.05, 0) is 65.2 Å². The monoisotopic (exact) mass is 405 g/mol. The normalized spacial score (nSPS) is 13.8. The van der Waals surface area contributed by atoms with Crippen LogP contribution in [0.3, 0.4) is 0 Å². The molecule has 0 atom stereocenters. The lowest BCUT2D eigenvalue weighted by molar-refractivity contribution is 0.0996. The van der Waals surface area contributed by atoms with Gasteiger partial charge in [-0.25, -0.2) is 4.39 Å². The highest BCUT2D eigenvalue weighted by Crippen LogP contribution is 2.31. The number of primary amides is 1. The number of carbonyl (C=O) groups is 2. The molecular formula is C18H17BrFN3O2. The van der Waals surface area contributed by atoms with Crippen LogP contribution in [-0.2, 0) is 0 Å². The van der Waals surface area contributed by atoms with E-state index in [1.807, 2.05) is 0 Å². The minimum Gasteiger partial charge on any atom is -0.370 e. The lowest BCUT2D eigenvalue weighted by Gasteiger charge is -2.22. The summed E-state index contributed by atoms with van der Waals surface area (Å²) in [5, 5.41) is 2.78. The summed E-state index contributed by atoms with van der Waals surface area (Å²) in [5.74, 6) is -1.54. The summed E-state index contributed by atoms with van der Waals surface area (Å²) in [7, 11) is 0. The van der Waals surface area contributed by atoms with Crippen LogP contribution in [0, 0.1) is 5.82 Å². The minimum absolute atomic E-state index is 0.178. The van der Waals surface area contributed by atoms with Crippen molar-refractivity contribution in [3.8, 4) is 0 Å². The summed E-state index contributed by atoms with van der Waals surface area (Å²) < 4.78 is 14.0. The molecule has 2 aromatic carbocycles. The molecule has 1 saturated heterocycles. The van der Waals surface area contributed by atoms with E-state index in [4.69, 9.17) is 5.73 Å². The largest absolute Gasteiger partial charge is 0.370 e. The van der Waals surface area contributed by atoms with Crippen LogP contribution in [-0.4, -0.2) is 24.9 Å². The van der Waals surface area contributed by atoms with Gasteiger partial charge in [-0.1, -0.05) is 0 Å². The fourth-order valence-corrected chi connectivity index (χ4v) is 3.31. The maximum Gasteiger partial charge on any atom is 0.256 e. The Morgan fingerprint density at radius 2 is 1.84 bits per heavy atom. The van der Waals surface area contributed by atoms with E-state index < -0.39 is 17.6 Å². The molecule has 0 aromatic heterocycles. The van der Waals surface area contributed by atoms with Gasteiger partial charge in [0.15, 0.2) is 0 Å². The van der Waals surface area contributed by atoms with Crippen molar-refractivity contribution in [1.82, 2.24) is 0 Å². The molecule has 2 aromatic rings. The van der Waals surface area contributed by atoms with Crippen molar-refractivity contribution in [3.05, 3.63) is 57.8 Å². The third-order valence-electron chi connectivity index (χ3n) is 4.15. The third kappa shape index (κ3) is 3.82. The van der Waals surface area contributed by atoms with Gasteiger partial charge in [-0.2, -0.15) is 0 Å². The van der Waals surface area contributed by atoms with Crippen molar-refractivity contribution in [2.75, 3.05) is 23.3 Å². The summed E-state index contributed by atoms with van der Waals surface area (Å²) in [6, 6.07) is 8.88. The van der Waals surface area contributed by atoms with E-state index in [2.05, 4.69) is 26.1 Å². The fraction of sp³-hybridized carbons (Fsp3) is 0.222. The number of rotatable bonds is 4. The van der Waals surface area contributed by atoms with Gasteiger partial charge >= 0.3 is 0 Å². The molecule has 3 N–H and O–H groups in total. The Kier molecular flexibility index (Phi) is 5.03. The van der Waals surface area contributed by atoms with Crippen LogP contribution in [0.4, 0.5) is 15.8 Å². The quantitative estimate of drug-likeness (QED) is 0.816. The van der Waals surface area contributed by atoms with E-state index >= 15 is 0 Å². The fourth-order valence-electron chi connectivity index (χ4n) is 2.88. The number of nitrogens with zero attached hydrogens (tertiary/aromatic N) is 1. The first-order valence-electron chi connectivity index (χ1n) is 7.91. The first-order chi connectivity index (χ1) is 12.0. The minimum atomic E-state index is -0.574. The van der Waals surface area contributed by atoms with Crippen molar-refractivity contribution in [1.29, 1.82) is 0 Å². The zero-order valence-electron chi connectivity index (χ0n) is 13.4. The number of nitrogens with one attached hydrogen (secondary N) is 1. The van der Waals surface area contributed by atoms with Crippen LogP contribution in [0.15, 0.2) is 40.9 Å². The number of hydrogen-bond acceptors (Lipinski definition) is 3. The summed E-state index contributed by atoms with van der Waals surface area (Å²) in [4.78, 5) is 26.2.